The lowest BCUT2D eigenvalue weighted by Crippen LogP contribution is -2.38. The lowest BCUT2D eigenvalue weighted by molar-refractivity contribution is 0.121. The van der Waals surface area contributed by atoms with Crippen molar-refractivity contribution in [2.75, 3.05) is 4.90 Å². The lowest BCUT2D eigenvalue weighted by atomic mass is 10.2. The molecule has 0 saturated carbocycles. The lowest BCUT2D eigenvalue weighted by Gasteiger charge is -2.26. The molecule has 3 nitrogen and oxygen atoms in total. The van der Waals surface area contributed by atoms with Crippen molar-refractivity contribution >= 4 is 11.8 Å². The maximum Gasteiger partial charge on any atom is 0.414 e. The van der Waals surface area contributed by atoms with Gasteiger partial charge in [0, 0.05) is 11.7 Å². The predicted octanol–water partition coefficient (Wildman–Crippen LogP) is 3.45. The Kier molecular flexibility index (Phi) is 4.35. The van der Waals surface area contributed by atoms with Crippen molar-refractivity contribution in [1.29, 1.82) is 0 Å². The second kappa shape index (κ2) is 5.54. The number of para-hydroxylation sites is 1. The molecule has 0 N–H and O–H groups in total. The quantitative estimate of drug-likeness (QED) is 0.782. The number of hydrogen-bond donors (Lipinski definition) is 0. The summed E-state index contributed by atoms with van der Waals surface area (Å²) in [7, 11) is 0. The van der Waals surface area contributed by atoms with Crippen molar-refractivity contribution in [3.8, 4) is 0 Å². The number of ether oxygens (including phenoxy) is 1. The summed E-state index contributed by atoms with van der Waals surface area (Å²) in [6, 6.07) is 9.63. The number of anilines is 1. The summed E-state index contributed by atoms with van der Waals surface area (Å²) in [5.41, 5.74) is 0.864. The van der Waals surface area contributed by atoms with Gasteiger partial charge in [-0.05, 0) is 39.8 Å². The van der Waals surface area contributed by atoms with Crippen LogP contribution in [0.15, 0.2) is 30.3 Å². The fraction of sp³-hybridized carbons (Fsp3) is 0.462. The standard InChI is InChI=1S/C13H19NO2/c1-10(2)14(13(15)16-11(3)4)12-8-6-5-7-9-12/h5-11H,1-4H3. The number of carbonyl (C=O) groups is 1. The van der Waals surface area contributed by atoms with E-state index in [4.69, 9.17) is 4.74 Å². The van der Waals surface area contributed by atoms with E-state index in [1.165, 1.54) is 0 Å². The van der Waals surface area contributed by atoms with Crippen molar-refractivity contribution in [3.05, 3.63) is 30.3 Å². The summed E-state index contributed by atoms with van der Waals surface area (Å²) in [5.74, 6) is 0. The molecule has 0 fully saturated rings. The molecule has 16 heavy (non-hydrogen) atoms. The Morgan fingerprint density at radius 1 is 1.12 bits per heavy atom. The Morgan fingerprint density at radius 3 is 2.12 bits per heavy atom. The first kappa shape index (κ1) is 12.6. The molecule has 0 aliphatic rings. The minimum atomic E-state index is -0.295. The first-order chi connectivity index (χ1) is 7.52. The maximum atomic E-state index is 11.9. The highest BCUT2D eigenvalue weighted by Crippen LogP contribution is 2.18. The second-order valence-corrected chi connectivity index (χ2v) is 4.23. The number of amides is 1. The van der Waals surface area contributed by atoms with Crippen LogP contribution in [0.3, 0.4) is 0 Å². The van der Waals surface area contributed by atoms with Gasteiger partial charge in [-0.3, -0.25) is 4.90 Å². The van der Waals surface area contributed by atoms with Gasteiger partial charge in [0.05, 0.1) is 6.10 Å². The van der Waals surface area contributed by atoms with E-state index >= 15 is 0 Å². The Morgan fingerprint density at radius 2 is 1.69 bits per heavy atom. The Labute approximate surface area is 97.0 Å². The Balaban J connectivity index is 2.88. The van der Waals surface area contributed by atoms with Gasteiger partial charge in [-0.25, -0.2) is 4.79 Å². The predicted molar refractivity (Wildman–Crippen MR) is 65.7 cm³/mol. The maximum absolute atomic E-state index is 11.9. The third kappa shape index (κ3) is 3.26. The van der Waals surface area contributed by atoms with Crippen LogP contribution in [-0.4, -0.2) is 18.2 Å². The van der Waals surface area contributed by atoms with Crippen LogP contribution >= 0.6 is 0 Å². The summed E-state index contributed by atoms with van der Waals surface area (Å²) in [4.78, 5) is 13.6. The van der Waals surface area contributed by atoms with Crippen molar-refractivity contribution in [3.63, 3.8) is 0 Å². The minimum absolute atomic E-state index is 0.0775. The third-order valence-corrected chi connectivity index (χ3v) is 2.08. The van der Waals surface area contributed by atoms with Gasteiger partial charge in [0.15, 0.2) is 0 Å². The summed E-state index contributed by atoms with van der Waals surface area (Å²) >= 11 is 0. The molecule has 1 aromatic rings. The van der Waals surface area contributed by atoms with Gasteiger partial charge in [0.1, 0.15) is 0 Å². The highest BCUT2D eigenvalue weighted by atomic mass is 16.6. The van der Waals surface area contributed by atoms with Gasteiger partial charge in [0.2, 0.25) is 0 Å². The smallest absolute Gasteiger partial charge is 0.414 e. The van der Waals surface area contributed by atoms with Crippen LogP contribution < -0.4 is 4.90 Å². The SMILES string of the molecule is CC(C)OC(=O)N(c1ccccc1)C(C)C. The van der Waals surface area contributed by atoms with Crippen LogP contribution in [0.1, 0.15) is 27.7 Å². The molecule has 1 rings (SSSR count). The van der Waals surface area contributed by atoms with Gasteiger partial charge in [0.25, 0.3) is 0 Å². The highest BCUT2D eigenvalue weighted by molar-refractivity contribution is 5.88. The van der Waals surface area contributed by atoms with E-state index in [2.05, 4.69) is 0 Å². The molecule has 0 aliphatic carbocycles. The highest BCUT2D eigenvalue weighted by Gasteiger charge is 2.20. The minimum Gasteiger partial charge on any atom is -0.446 e. The van der Waals surface area contributed by atoms with Crippen LogP contribution in [0.2, 0.25) is 0 Å². The molecule has 1 aromatic carbocycles. The summed E-state index contributed by atoms with van der Waals surface area (Å²) in [6.07, 6.45) is -0.395. The Bertz CT molecular complexity index is 333. The van der Waals surface area contributed by atoms with Crippen LogP contribution in [0, 0.1) is 0 Å². The number of carbonyl (C=O) groups excluding carboxylic acids is 1. The van der Waals surface area contributed by atoms with Crippen molar-refractivity contribution in [2.45, 2.75) is 39.8 Å². The third-order valence-electron chi connectivity index (χ3n) is 2.08. The molecule has 88 valence electrons. The van der Waals surface area contributed by atoms with Gasteiger partial charge >= 0.3 is 6.09 Å². The molecule has 3 heteroatoms. The number of benzene rings is 1. The molecule has 0 saturated heterocycles. The molecule has 0 spiro atoms. The molecule has 0 bridgehead atoms. The zero-order valence-electron chi connectivity index (χ0n) is 10.3. The van der Waals surface area contributed by atoms with Gasteiger partial charge in [-0.15, -0.1) is 0 Å². The van der Waals surface area contributed by atoms with Gasteiger partial charge < -0.3 is 4.74 Å². The van der Waals surface area contributed by atoms with Crippen molar-refractivity contribution in [2.24, 2.45) is 0 Å². The largest absolute Gasteiger partial charge is 0.446 e. The van der Waals surface area contributed by atoms with E-state index in [1.807, 2.05) is 58.0 Å². The molecular weight excluding hydrogens is 202 g/mol. The normalized spacial score (nSPS) is 10.6. The molecule has 0 aromatic heterocycles. The van der Waals surface area contributed by atoms with Gasteiger partial charge in [-0.1, -0.05) is 18.2 Å². The molecule has 0 radical (unpaired) electrons. The van der Waals surface area contributed by atoms with Crippen molar-refractivity contribution < 1.29 is 9.53 Å². The number of nitrogens with zero attached hydrogens (tertiary/aromatic N) is 1. The first-order valence-electron chi connectivity index (χ1n) is 5.57. The number of rotatable bonds is 3. The fourth-order valence-corrected chi connectivity index (χ4v) is 1.46. The molecular formula is C13H19NO2. The van der Waals surface area contributed by atoms with Crippen LogP contribution in [0.5, 0.6) is 0 Å². The van der Waals surface area contributed by atoms with E-state index in [-0.39, 0.29) is 18.2 Å². The molecule has 0 aliphatic heterocycles. The van der Waals surface area contributed by atoms with E-state index < -0.39 is 0 Å². The van der Waals surface area contributed by atoms with Crippen LogP contribution in [0.4, 0.5) is 10.5 Å². The monoisotopic (exact) mass is 221 g/mol. The summed E-state index contributed by atoms with van der Waals surface area (Å²) < 4.78 is 5.22. The van der Waals surface area contributed by atoms with Crippen LogP contribution in [0.25, 0.3) is 0 Å². The van der Waals surface area contributed by atoms with Gasteiger partial charge in [-0.2, -0.15) is 0 Å². The van der Waals surface area contributed by atoms with E-state index in [0.29, 0.717) is 0 Å². The van der Waals surface area contributed by atoms with E-state index in [0.717, 1.165) is 5.69 Å². The number of hydrogen-bond acceptors (Lipinski definition) is 2. The first-order valence-corrected chi connectivity index (χ1v) is 5.57. The zero-order valence-corrected chi connectivity index (χ0v) is 10.3. The molecule has 1 amide bonds. The molecule has 0 heterocycles. The fourth-order valence-electron chi connectivity index (χ4n) is 1.46. The topological polar surface area (TPSA) is 29.5 Å². The zero-order chi connectivity index (χ0) is 12.1. The van der Waals surface area contributed by atoms with E-state index in [1.54, 1.807) is 4.90 Å². The average Bonchev–Trinajstić information content (AvgIpc) is 2.17. The molecule has 0 unspecified atom stereocenters. The van der Waals surface area contributed by atoms with Crippen LogP contribution in [-0.2, 0) is 4.74 Å². The Hall–Kier alpha value is -1.51. The van der Waals surface area contributed by atoms with Crippen molar-refractivity contribution in [1.82, 2.24) is 0 Å². The van der Waals surface area contributed by atoms with E-state index in [9.17, 15) is 4.79 Å². The molecule has 0 atom stereocenters. The summed E-state index contributed by atoms with van der Waals surface area (Å²) in [5, 5.41) is 0. The second-order valence-electron chi connectivity index (χ2n) is 4.23. The summed E-state index contributed by atoms with van der Waals surface area (Å²) in [6.45, 7) is 7.63. The average molecular weight is 221 g/mol.